The van der Waals surface area contributed by atoms with Gasteiger partial charge in [0.15, 0.2) is 0 Å². The summed E-state index contributed by atoms with van der Waals surface area (Å²) in [7, 11) is -3.85. The molecule has 0 saturated heterocycles. The maximum absolute atomic E-state index is 12.9. The Kier molecular flexibility index (Phi) is 11.1. The Bertz CT molecular complexity index is 1130. The van der Waals surface area contributed by atoms with Crippen molar-refractivity contribution in [2.45, 2.75) is 58.7 Å². The summed E-state index contributed by atoms with van der Waals surface area (Å²) in [6, 6.07) is 5.22. The lowest BCUT2D eigenvalue weighted by atomic mass is 10.2. The normalized spacial score (nSPS) is 11.7. The second-order valence-corrected chi connectivity index (χ2v) is 10.0. The van der Waals surface area contributed by atoms with Crippen LogP contribution in [-0.2, 0) is 27.5 Å². The number of pyridine rings is 1. The Morgan fingerprint density at radius 1 is 1.11 bits per heavy atom. The zero-order valence-electron chi connectivity index (χ0n) is 19.9. The molecule has 0 radical (unpaired) electrons. The highest BCUT2D eigenvalue weighted by Gasteiger charge is 2.32. The number of unbranched alkanes of at least 4 members (excludes halogenated alkanes) is 3. The molecule has 0 unspecified atom stereocenters. The number of amides is 1. The van der Waals surface area contributed by atoms with Gasteiger partial charge in [-0.2, -0.15) is 13.2 Å². The Morgan fingerprint density at radius 3 is 2.47 bits per heavy atom. The first-order valence-electron chi connectivity index (χ1n) is 11.3. The van der Waals surface area contributed by atoms with E-state index in [4.69, 9.17) is 25.8 Å². The Labute approximate surface area is 213 Å². The topological polar surface area (TPSA) is 104 Å². The second kappa shape index (κ2) is 13.5. The quantitative estimate of drug-likeness (QED) is 0.284. The van der Waals surface area contributed by atoms with E-state index in [0.717, 1.165) is 19.3 Å². The summed E-state index contributed by atoms with van der Waals surface area (Å²) in [4.78, 5) is 15.7. The van der Waals surface area contributed by atoms with Gasteiger partial charge in [-0.3, -0.25) is 0 Å². The van der Waals surface area contributed by atoms with E-state index >= 15 is 0 Å². The first-order valence-corrected chi connectivity index (χ1v) is 13.3. The van der Waals surface area contributed by atoms with E-state index in [2.05, 4.69) is 4.98 Å². The molecule has 1 aromatic carbocycles. The number of nitrogens with zero attached hydrogens (tertiary/aromatic N) is 1. The van der Waals surface area contributed by atoms with Crippen LogP contribution in [0.15, 0.2) is 30.5 Å². The predicted molar refractivity (Wildman–Crippen MR) is 128 cm³/mol. The molecular formula is C23H28ClF3N2O6S. The molecule has 0 spiro atoms. The minimum atomic E-state index is -4.63. The van der Waals surface area contributed by atoms with Crippen LogP contribution < -0.4 is 14.2 Å². The monoisotopic (exact) mass is 552 g/mol. The minimum Gasteiger partial charge on any atom is -0.493 e. The minimum absolute atomic E-state index is 0.0526. The number of hydrogen-bond donors (Lipinski definition) is 1. The Morgan fingerprint density at radius 2 is 1.83 bits per heavy atom. The lowest BCUT2D eigenvalue weighted by Gasteiger charge is -2.15. The third-order valence-electron chi connectivity index (χ3n) is 4.76. The maximum Gasteiger partial charge on any atom is 0.421 e. The SMILES string of the molecule is CCCCCS(=O)(=O)NC(=O)OCc1ccc(OCCCC)cc1Oc1ncc(C(F)(F)F)cc1Cl. The molecule has 200 valence electrons. The van der Waals surface area contributed by atoms with E-state index in [9.17, 15) is 26.4 Å². The maximum atomic E-state index is 12.9. The van der Waals surface area contributed by atoms with Gasteiger partial charge in [-0.05, 0) is 31.0 Å². The number of ether oxygens (including phenoxy) is 3. The predicted octanol–water partition coefficient (Wildman–Crippen LogP) is 6.47. The van der Waals surface area contributed by atoms with Gasteiger partial charge in [0.25, 0.3) is 0 Å². The molecule has 0 bridgehead atoms. The number of halogens is 4. The summed E-state index contributed by atoms with van der Waals surface area (Å²) >= 11 is 5.95. The van der Waals surface area contributed by atoms with E-state index in [1.165, 1.54) is 12.1 Å². The first kappa shape index (κ1) is 29.5. The van der Waals surface area contributed by atoms with Crippen molar-refractivity contribution < 1.29 is 40.6 Å². The van der Waals surface area contributed by atoms with E-state index in [1.807, 2.05) is 18.6 Å². The fraction of sp³-hybridized carbons (Fsp3) is 0.478. The van der Waals surface area contributed by atoms with Gasteiger partial charge in [-0.25, -0.2) is 22.9 Å². The van der Waals surface area contributed by atoms with Crippen molar-refractivity contribution in [3.8, 4) is 17.4 Å². The summed E-state index contributed by atoms with van der Waals surface area (Å²) in [5.74, 6) is -0.0730. The van der Waals surface area contributed by atoms with Crippen LogP contribution in [0.5, 0.6) is 17.4 Å². The molecule has 1 amide bonds. The average molecular weight is 553 g/mol. The number of aromatic nitrogens is 1. The third-order valence-corrected chi connectivity index (χ3v) is 6.34. The van der Waals surface area contributed by atoms with E-state index < -0.39 is 34.5 Å². The lowest BCUT2D eigenvalue weighted by Crippen LogP contribution is -2.33. The molecular weight excluding hydrogens is 525 g/mol. The number of hydrogen-bond acceptors (Lipinski definition) is 7. The zero-order chi connectivity index (χ0) is 26.8. The lowest BCUT2D eigenvalue weighted by molar-refractivity contribution is -0.137. The van der Waals surface area contributed by atoms with Crippen LogP contribution in [-0.4, -0.2) is 31.9 Å². The van der Waals surface area contributed by atoms with Gasteiger partial charge in [0.05, 0.1) is 17.9 Å². The number of benzene rings is 1. The Balaban J connectivity index is 2.19. The zero-order valence-corrected chi connectivity index (χ0v) is 21.4. The number of carbonyl (C=O) groups excluding carboxylic acids is 1. The molecule has 0 aliphatic heterocycles. The Hall–Kier alpha value is -2.73. The summed E-state index contributed by atoms with van der Waals surface area (Å²) in [6.45, 7) is 3.93. The number of carbonyl (C=O) groups is 1. The van der Waals surface area contributed by atoms with Crippen molar-refractivity contribution in [1.29, 1.82) is 0 Å². The van der Waals surface area contributed by atoms with Crippen LogP contribution in [0, 0.1) is 0 Å². The fourth-order valence-electron chi connectivity index (χ4n) is 2.83. The van der Waals surface area contributed by atoms with Crippen LogP contribution in [0.25, 0.3) is 0 Å². The molecule has 8 nitrogen and oxygen atoms in total. The van der Waals surface area contributed by atoms with Crippen molar-refractivity contribution in [2.75, 3.05) is 12.4 Å². The smallest absolute Gasteiger partial charge is 0.421 e. The molecule has 0 aliphatic carbocycles. The van der Waals surface area contributed by atoms with E-state index in [1.54, 1.807) is 6.07 Å². The van der Waals surface area contributed by atoms with Gasteiger partial charge in [0, 0.05) is 17.8 Å². The molecule has 1 aromatic heterocycles. The number of alkyl halides is 3. The number of nitrogens with one attached hydrogen (secondary N) is 1. The van der Waals surface area contributed by atoms with Crippen LogP contribution in [0.1, 0.15) is 57.1 Å². The van der Waals surface area contributed by atoms with Crippen LogP contribution in [0.2, 0.25) is 5.02 Å². The van der Waals surface area contributed by atoms with Crippen molar-refractivity contribution >= 4 is 27.7 Å². The van der Waals surface area contributed by atoms with Crippen LogP contribution >= 0.6 is 11.6 Å². The van der Waals surface area contributed by atoms with Crippen molar-refractivity contribution in [3.05, 3.63) is 46.6 Å². The fourth-order valence-corrected chi connectivity index (χ4v) is 4.03. The summed E-state index contributed by atoms with van der Waals surface area (Å²) in [6.07, 6.45) is -1.62. The van der Waals surface area contributed by atoms with Gasteiger partial charge >= 0.3 is 12.3 Å². The van der Waals surface area contributed by atoms with Gasteiger partial charge in [0.1, 0.15) is 23.1 Å². The van der Waals surface area contributed by atoms with Gasteiger partial charge < -0.3 is 14.2 Å². The molecule has 36 heavy (non-hydrogen) atoms. The third kappa shape index (κ3) is 9.73. The highest BCUT2D eigenvalue weighted by molar-refractivity contribution is 7.90. The molecule has 0 aliphatic rings. The second-order valence-electron chi connectivity index (χ2n) is 7.79. The highest BCUT2D eigenvalue weighted by Crippen LogP contribution is 2.36. The average Bonchev–Trinajstić information content (AvgIpc) is 2.79. The molecule has 2 rings (SSSR count). The summed E-state index contributed by atoms with van der Waals surface area (Å²) in [5, 5.41) is -0.384. The van der Waals surface area contributed by atoms with E-state index in [-0.39, 0.29) is 28.0 Å². The van der Waals surface area contributed by atoms with Gasteiger partial charge in [-0.1, -0.05) is 44.7 Å². The molecule has 1 N–H and O–H groups in total. The van der Waals surface area contributed by atoms with Crippen LogP contribution in [0.3, 0.4) is 0 Å². The number of sulfonamides is 1. The number of rotatable bonds is 13. The first-order chi connectivity index (χ1) is 16.9. The van der Waals surface area contributed by atoms with Gasteiger partial charge in [0.2, 0.25) is 15.9 Å². The molecule has 13 heteroatoms. The van der Waals surface area contributed by atoms with Gasteiger partial charge in [-0.15, -0.1) is 0 Å². The molecule has 0 atom stereocenters. The summed E-state index contributed by atoms with van der Waals surface area (Å²) in [5.41, 5.74) is -0.772. The standard InChI is InChI=1S/C23H28ClF3N2O6S/c1-3-5-7-11-36(31,32)29-22(30)34-15-16-8-9-18(33-10-6-4-2)13-20(16)35-21-19(24)12-17(14-28-21)23(25,26)27/h8-9,12-14H,3-7,10-11,15H2,1-2H3,(H,29,30). The molecule has 1 heterocycles. The molecule has 2 aromatic rings. The molecule has 0 saturated carbocycles. The van der Waals surface area contributed by atoms with Crippen LogP contribution in [0.4, 0.5) is 18.0 Å². The molecule has 0 fully saturated rings. The van der Waals surface area contributed by atoms with Crippen molar-refractivity contribution in [2.24, 2.45) is 0 Å². The largest absolute Gasteiger partial charge is 0.493 e. The summed E-state index contributed by atoms with van der Waals surface area (Å²) < 4.78 is 80.9. The van der Waals surface area contributed by atoms with Crippen molar-refractivity contribution in [1.82, 2.24) is 9.71 Å². The van der Waals surface area contributed by atoms with E-state index in [0.29, 0.717) is 37.5 Å². The highest BCUT2D eigenvalue weighted by atomic mass is 35.5. The van der Waals surface area contributed by atoms with Crippen molar-refractivity contribution in [3.63, 3.8) is 0 Å².